The van der Waals surface area contributed by atoms with E-state index in [0.717, 1.165) is 6.07 Å². The molecular formula is C17H12O6. The molecule has 2 aromatic carbocycles. The highest BCUT2D eigenvalue weighted by Gasteiger charge is 2.32. The molecule has 3 aromatic rings. The van der Waals surface area contributed by atoms with Gasteiger partial charge < -0.3 is 24.1 Å². The summed E-state index contributed by atoms with van der Waals surface area (Å²) in [6, 6.07) is 9.40. The number of rotatable bonds is 1. The van der Waals surface area contributed by atoms with E-state index in [0.29, 0.717) is 11.3 Å². The van der Waals surface area contributed by atoms with Gasteiger partial charge in [0.15, 0.2) is 5.76 Å². The Labute approximate surface area is 130 Å². The Hall–Kier alpha value is -2.99. The van der Waals surface area contributed by atoms with Gasteiger partial charge in [-0.25, -0.2) is 0 Å². The number of para-hydroxylation sites is 1. The molecule has 1 atom stereocenters. The average Bonchev–Trinajstić information content (AvgIpc) is 2.53. The third-order valence-electron chi connectivity index (χ3n) is 3.81. The van der Waals surface area contributed by atoms with Gasteiger partial charge in [-0.05, 0) is 6.07 Å². The molecule has 0 radical (unpaired) electrons. The fourth-order valence-corrected chi connectivity index (χ4v) is 2.82. The molecular weight excluding hydrogens is 300 g/mol. The molecule has 4 rings (SSSR count). The van der Waals surface area contributed by atoms with Crippen molar-refractivity contribution < 1.29 is 24.1 Å². The third-order valence-corrected chi connectivity index (χ3v) is 3.81. The van der Waals surface area contributed by atoms with Crippen LogP contribution in [0.5, 0.6) is 17.2 Å². The van der Waals surface area contributed by atoms with Gasteiger partial charge in [0.25, 0.3) is 6.29 Å². The minimum Gasteiger partial charge on any atom is -0.508 e. The van der Waals surface area contributed by atoms with Gasteiger partial charge in [-0.15, -0.1) is 0 Å². The van der Waals surface area contributed by atoms with E-state index in [2.05, 4.69) is 0 Å². The van der Waals surface area contributed by atoms with E-state index in [4.69, 9.17) is 13.9 Å². The van der Waals surface area contributed by atoms with Gasteiger partial charge in [0, 0.05) is 24.8 Å². The number of ether oxygens (including phenoxy) is 2. The van der Waals surface area contributed by atoms with Crippen LogP contribution in [0.2, 0.25) is 0 Å². The maximum absolute atomic E-state index is 12.9. The SMILES string of the molecule is CO[C@H]1Oc2ccccc2-c2c1oc1cc(O)cc(O)c1c2=O. The van der Waals surface area contributed by atoms with Crippen LogP contribution in [0.25, 0.3) is 22.1 Å². The Morgan fingerprint density at radius 1 is 1.17 bits per heavy atom. The van der Waals surface area contributed by atoms with Gasteiger partial charge in [-0.2, -0.15) is 0 Å². The lowest BCUT2D eigenvalue weighted by atomic mass is 9.98. The van der Waals surface area contributed by atoms with E-state index in [-0.39, 0.29) is 33.8 Å². The van der Waals surface area contributed by atoms with Gasteiger partial charge >= 0.3 is 0 Å². The zero-order valence-electron chi connectivity index (χ0n) is 12.1. The molecule has 2 heterocycles. The smallest absolute Gasteiger partial charge is 0.259 e. The lowest BCUT2D eigenvalue weighted by Crippen LogP contribution is -2.21. The highest BCUT2D eigenvalue weighted by molar-refractivity contribution is 5.90. The normalized spacial score (nSPS) is 15.8. The molecule has 1 aromatic heterocycles. The van der Waals surface area contributed by atoms with Gasteiger partial charge in [0.05, 0.1) is 5.56 Å². The summed E-state index contributed by atoms with van der Waals surface area (Å²) >= 11 is 0. The predicted octanol–water partition coefficient (Wildman–Crippen LogP) is 2.91. The van der Waals surface area contributed by atoms with Crippen LogP contribution in [0.1, 0.15) is 12.1 Å². The minimum atomic E-state index is -0.888. The van der Waals surface area contributed by atoms with Crippen LogP contribution in [0.15, 0.2) is 45.6 Å². The molecule has 0 unspecified atom stereocenters. The van der Waals surface area contributed by atoms with E-state index in [9.17, 15) is 15.0 Å². The first-order chi connectivity index (χ1) is 11.1. The van der Waals surface area contributed by atoms with E-state index in [1.54, 1.807) is 24.3 Å². The van der Waals surface area contributed by atoms with Gasteiger partial charge in [-0.3, -0.25) is 4.79 Å². The van der Waals surface area contributed by atoms with Crippen molar-refractivity contribution in [2.24, 2.45) is 0 Å². The van der Waals surface area contributed by atoms with E-state index in [1.165, 1.54) is 13.2 Å². The van der Waals surface area contributed by atoms with E-state index < -0.39 is 11.7 Å². The van der Waals surface area contributed by atoms with Crippen LogP contribution in [-0.4, -0.2) is 17.3 Å². The highest BCUT2D eigenvalue weighted by atomic mass is 16.7. The van der Waals surface area contributed by atoms with Crippen molar-refractivity contribution in [2.75, 3.05) is 7.11 Å². The van der Waals surface area contributed by atoms with Gasteiger partial charge in [-0.1, -0.05) is 18.2 Å². The summed E-state index contributed by atoms with van der Waals surface area (Å²) in [7, 11) is 1.44. The van der Waals surface area contributed by atoms with Crippen LogP contribution >= 0.6 is 0 Å². The molecule has 23 heavy (non-hydrogen) atoms. The predicted molar refractivity (Wildman–Crippen MR) is 81.6 cm³/mol. The number of aromatic hydroxyl groups is 2. The second-order valence-corrected chi connectivity index (χ2v) is 5.19. The molecule has 116 valence electrons. The van der Waals surface area contributed by atoms with Crippen LogP contribution in [0, 0.1) is 0 Å². The molecule has 0 aliphatic carbocycles. The third kappa shape index (κ3) is 1.89. The number of phenolic OH excluding ortho intramolecular Hbond substituents is 2. The molecule has 1 aliphatic rings. The maximum atomic E-state index is 12.9. The zero-order valence-corrected chi connectivity index (χ0v) is 12.1. The Kier molecular flexibility index (Phi) is 2.82. The number of benzene rings is 2. The minimum absolute atomic E-state index is 0.00751. The Balaban J connectivity index is 2.17. The van der Waals surface area contributed by atoms with Crippen LogP contribution in [-0.2, 0) is 4.74 Å². The summed E-state index contributed by atoms with van der Waals surface area (Å²) in [6.07, 6.45) is -0.888. The zero-order chi connectivity index (χ0) is 16.1. The Morgan fingerprint density at radius 3 is 2.74 bits per heavy atom. The molecule has 6 heteroatoms. The van der Waals surface area contributed by atoms with Crippen LogP contribution < -0.4 is 10.2 Å². The Morgan fingerprint density at radius 2 is 1.96 bits per heavy atom. The monoisotopic (exact) mass is 312 g/mol. The van der Waals surface area contributed by atoms with Crippen molar-refractivity contribution in [3.05, 3.63) is 52.4 Å². The van der Waals surface area contributed by atoms with Crippen molar-refractivity contribution in [3.63, 3.8) is 0 Å². The molecule has 6 nitrogen and oxygen atoms in total. The summed E-state index contributed by atoms with van der Waals surface area (Å²) in [5, 5.41) is 19.6. The number of hydrogen-bond donors (Lipinski definition) is 2. The number of methoxy groups -OCH3 is 1. The molecule has 2 N–H and O–H groups in total. The molecule has 1 aliphatic heterocycles. The first-order valence-corrected chi connectivity index (χ1v) is 6.91. The summed E-state index contributed by atoms with van der Waals surface area (Å²) in [6.45, 7) is 0. The molecule has 0 saturated heterocycles. The highest BCUT2D eigenvalue weighted by Crippen LogP contribution is 2.43. The molecule has 0 spiro atoms. The quantitative estimate of drug-likeness (QED) is 0.718. The summed E-state index contributed by atoms with van der Waals surface area (Å²) in [5.41, 5.74) is 0.513. The van der Waals surface area contributed by atoms with Gasteiger partial charge in [0.1, 0.15) is 28.2 Å². The van der Waals surface area contributed by atoms with Crippen molar-refractivity contribution in [2.45, 2.75) is 6.29 Å². The molecule has 0 bridgehead atoms. The fourth-order valence-electron chi connectivity index (χ4n) is 2.82. The van der Waals surface area contributed by atoms with E-state index >= 15 is 0 Å². The van der Waals surface area contributed by atoms with E-state index in [1.807, 2.05) is 0 Å². The number of phenols is 2. The second-order valence-electron chi connectivity index (χ2n) is 5.19. The number of hydrogen-bond acceptors (Lipinski definition) is 6. The second kappa shape index (κ2) is 4.76. The summed E-state index contributed by atoms with van der Waals surface area (Å²) in [5.74, 6) is 0.157. The standard InChI is InChI=1S/C17H12O6/c1-21-17-16-13(9-4-2-3-5-11(9)23-17)15(20)14-10(19)6-8(18)7-12(14)22-16/h2-7,17-19H,1H3/t17-/m0/s1. The average molecular weight is 312 g/mol. The van der Waals surface area contributed by atoms with Crippen LogP contribution in [0.4, 0.5) is 0 Å². The van der Waals surface area contributed by atoms with Crippen molar-refractivity contribution in [3.8, 4) is 28.4 Å². The topological polar surface area (TPSA) is 89.1 Å². The lowest BCUT2D eigenvalue weighted by molar-refractivity contribution is -0.0716. The number of fused-ring (bicyclic) bond motifs is 4. The maximum Gasteiger partial charge on any atom is 0.259 e. The largest absolute Gasteiger partial charge is 0.508 e. The van der Waals surface area contributed by atoms with Gasteiger partial charge in [0.2, 0.25) is 5.43 Å². The molecule has 0 fully saturated rings. The first kappa shape index (κ1) is 13.7. The fraction of sp³-hybridized carbons (Fsp3) is 0.118. The summed E-state index contributed by atoms with van der Waals surface area (Å²) < 4.78 is 16.7. The van der Waals surface area contributed by atoms with Crippen molar-refractivity contribution in [1.29, 1.82) is 0 Å². The van der Waals surface area contributed by atoms with Crippen molar-refractivity contribution >= 4 is 11.0 Å². The molecule has 0 amide bonds. The Bertz CT molecular complexity index is 988. The summed E-state index contributed by atoms with van der Waals surface area (Å²) in [4.78, 5) is 12.9. The first-order valence-electron chi connectivity index (χ1n) is 6.91. The molecule has 0 saturated carbocycles. The van der Waals surface area contributed by atoms with Crippen molar-refractivity contribution in [1.82, 2.24) is 0 Å². The lowest BCUT2D eigenvalue weighted by Gasteiger charge is -2.25. The van der Waals surface area contributed by atoms with Crippen LogP contribution in [0.3, 0.4) is 0 Å².